The number of aliphatic imine (C=N–C) groups is 1. The summed E-state index contributed by atoms with van der Waals surface area (Å²) in [5, 5.41) is 19.8. The molecule has 1 aliphatic rings. The molecule has 0 spiro atoms. The zero-order valence-electron chi connectivity index (χ0n) is 14.0. The van der Waals surface area contributed by atoms with E-state index in [2.05, 4.69) is 4.99 Å². The van der Waals surface area contributed by atoms with Crippen LogP contribution in [0.1, 0.15) is 18.1 Å². The van der Waals surface area contributed by atoms with Crippen molar-refractivity contribution in [1.29, 1.82) is 0 Å². The Morgan fingerprint density at radius 2 is 1.96 bits per heavy atom. The van der Waals surface area contributed by atoms with E-state index in [1.54, 1.807) is 18.2 Å². The summed E-state index contributed by atoms with van der Waals surface area (Å²) in [5.74, 6) is -1.73. The number of rotatable bonds is 4. The van der Waals surface area contributed by atoms with Crippen molar-refractivity contribution in [3.63, 3.8) is 0 Å². The maximum absolute atomic E-state index is 12.9. The normalized spacial score (nSPS) is 18.0. The number of carbonyl (C=O) groups excluding carboxylic acids is 1. The fourth-order valence-corrected chi connectivity index (χ4v) is 3.09. The topological polar surface area (TPSA) is 90.2 Å². The van der Waals surface area contributed by atoms with Gasteiger partial charge in [0.15, 0.2) is 6.04 Å². The third-order valence-electron chi connectivity index (χ3n) is 4.09. The molecule has 1 heterocycles. The van der Waals surface area contributed by atoms with Crippen LogP contribution in [0.25, 0.3) is 0 Å². The van der Waals surface area contributed by atoms with Crippen LogP contribution in [-0.4, -0.2) is 46.5 Å². The Morgan fingerprint density at radius 1 is 1.27 bits per heavy atom. The monoisotopic (exact) mass is 372 g/mol. The van der Waals surface area contributed by atoms with Crippen molar-refractivity contribution in [1.82, 2.24) is 0 Å². The van der Waals surface area contributed by atoms with Crippen LogP contribution in [0.3, 0.4) is 0 Å². The van der Waals surface area contributed by atoms with Crippen LogP contribution < -0.4 is 4.90 Å². The van der Waals surface area contributed by atoms with Crippen LogP contribution in [0, 0.1) is 0 Å². The van der Waals surface area contributed by atoms with Crippen molar-refractivity contribution < 1.29 is 19.8 Å². The molecule has 26 heavy (non-hydrogen) atoms. The molecule has 1 amide bonds. The van der Waals surface area contributed by atoms with Crippen molar-refractivity contribution >= 4 is 34.9 Å². The van der Waals surface area contributed by atoms with Gasteiger partial charge in [-0.2, -0.15) is 0 Å². The van der Waals surface area contributed by atoms with Gasteiger partial charge in [-0.05, 0) is 25.1 Å². The van der Waals surface area contributed by atoms with Crippen molar-refractivity contribution in [3.05, 3.63) is 64.7 Å². The Morgan fingerprint density at radius 3 is 2.58 bits per heavy atom. The summed E-state index contributed by atoms with van der Waals surface area (Å²) in [4.78, 5) is 29.8. The zero-order valence-corrected chi connectivity index (χ0v) is 14.7. The lowest BCUT2D eigenvalue weighted by molar-refractivity contribution is -0.137. The second kappa shape index (κ2) is 7.27. The van der Waals surface area contributed by atoms with Crippen LogP contribution in [0.4, 0.5) is 5.69 Å². The van der Waals surface area contributed by atoms with Crippen molar-refractivity contribution in [3.8, 4) is 0 Å². The summed E-state index contributed by atoms with van der Waals surface area (Å²) in [6.07, 6.45) is -1.08. The third-order valence-corrected chi connectivity index (χ3v) is 4.32. The Balaban J connectivity index is 2.28. The lowest BCUT2D eigenvalue weighted by Gasteiger charge is -2.24. The molecule has 1 unspecified atom stereocenters. The predicted octanol–water partition coefficient (Wildman–Crippen LogP) is 2.36. The van der Waals surface area contributed by atoms with E-state index in [0.29, 0.717) is 22.0 Å². The number of nitrogens with zero attached hydrogens (tertiary/aromatic N) is 2. The minimum absolute atomic E-state index is 0.396. The van der Waals surface area contributed by atoms with Gasteiger partial charge in [-0.25, -0.2) is 0 Å². The molecule has 0 aromatic heterocycles. The second-order valence-electron chi connectivity index (χ2n) is 6.01. The standard InChI is InChI=1S/C19H17ClN2O4/c1-11(23)17-19(26)22(10-16(24)25)15-8-7-13(20)9-14(15)18(21-17)12-5-3-2-4-6-12/h2-9,11,17,23H,10H2,1H3,(H,24,25)/t11?,17-/m0/s1. The van der Waals surface area contributed by atoms with Gasteiger partial charge in [-0.15, -0.1) is 0 Å². The first-order valence-corrected chi connectivity index (χ1v) is 8.40. The van der Waals surface area contributed by atoms with Crippen molar-refractivity contribution in [2.45, 2.75) is 19.1 Å². The number of aliphatic hydroxyl groups excluding tert-OH is 1. The van der Waals surface area contributed by atoms with Crippen LogP contribution in [0.15, 0.2) is 53.5 Å². The van der Waals surface area contributed by atoms with Crippen molar-refractivity contribution in [2.24, 2.45) is 4.99 Å². The van der Waals surface area contributed by atoms with E-state index in [1.807, 2.05) is 30.3 Å². The first kappa shape index (κ1) is 18.1. The Hall–Kier alpha value is -2.70. The molecule has 0 saturated carbocycles. The lowest BCUT2D eigenvalue weighted by atomic mass is 10.00. The van der Waals surface area contributed by atoms with Gasteiger partial charge in [0, 0.05) is 16.1 Å². The van der Waals surface area contributed by atoms with E-state index in [9.17, 15) is 19.8 Å². The predicted molar refractivity (Wildman–Crippen MR) is 99.0 cm³/mol. The number of halogens is 1. The third kappa shape index (κ3) is 3.47. The van der Waals surface area contributed by atoms with Crippen LogP contribution >= 0.6 is 11.6 Å². The van der Waals surface area contributed by atoms with Gasteiger partial charge in [-0.1, -0.05) is 41.9 Å². The molecule has 0 fully saturated rings. The molecule has 2 atom stereocenters. The summed E-state index contributed by atoms with van der Waals surface area (Å²) in [5.41, 5.74) is 2.16. The van der Waals surface area contributed by atoms with Crippen LogP contribution in [-0.2, 0) is 9.59 Å². The average molecular weight is 373 g/mol. The van der Waals surface area contributed by atoms with E-state index in [4.69, 9.17) is 11.6 Å². The Kier molecular flexibility index (Phi) is 5.06. The number of carboxylic acids is 1. The van der Waals surface area contributed by atoms with Gasteiger partial charge in [-0.3, -0.25) is 19.5 Å². The number of amides is 1. The van der Waals surface area contributed by atoms with Gasteiger partial charge in [0.1, 0.15) is 6.54 Å². The van der Waals surface area contributed by atoms with E-state index >= 15 is 0 Å². The fourth-order valence-electron chi connectivity index (χ4n) is 2.91. The second-order valence-corrected chi connectivity index (χ2v) is 6.45. The maximum Gasteiger partial charge on any atom is 0.323 e. The van der Waals surface area contributed by atoms with E-state index < -0.39 is 30.6 Å². The van der Waals surface area contributed by atoms with Crippen LogP contribution in [0.5, 0.6) is 0 Å². The quantitative estimate of drug-likeness (QED) is 0.862. The molecular weight excluding hydrogens is 356 g/mol. The molecule has 0 saturated heterocycles. The highest BCUT2D eigenvalue weighted by Crippen LogP contribution is 2.31. The van der Waals surface area contributed by atoms with Crippen LogP contribution in [0.2, 0.25) is 5.02 Å². The molecule has 0 bridgehead atoms. The number of benzene rings is 2. The summed E-state index contributed by atoms with van der Waals surface area (Å²) in [7, 11) is 0. The molecule has 7 heteroatoms. The molecule has 6 nitrogen and oxygen atoms in total. The number of benzodiazepines with no additional fused rings is 1. The summed E-state index contributed by atoms with van der Waals surface area (Å²) in [6, 6.07) is 12.9. The van der Waals surface area contributed by atoms with E-state index in [0.717, 1.165) is 10.5 Å². The number of anilines is 1. The highest BCUT2D eigenvalue weighted by atomic mass is 35.5. The molecule has 3 rings (SSSR count). The molecule has 2 aromatic rings. The highest BCUT2D eigenvalue weighted by molar-refractivity contribution is 6.32. The smallest absolute Gasteiger partial charge is 0.323 e. The number of fused-ring (bicyclic) bond motifs is 1. The number of hydrogen-bond acceptors (Lipinski definition) is 4. The number of aliphatic carboxylic acids is 1. The van der Waals surface area contributed by atoms with Crippen molar-refractivity contribution in [2.75, 3.05) is 11.4 Å². The van der Waals surface area contributed by atoms with E-state index in [-0.39, 0.29) is 0 Å². The zero-order chi connectivity index (χ0) is 18.8. The van der Waals surface area contributed by atoms with Gasteiger partial charge >= 0.3 is 5.97 Å². The summed E-state index contributed by atoms with van der Waals surface area (Å²) >= 11 is 6.15. The first-order chi connectivity index (χ1) is 12.4. The Labute approximate surface area is 155 Å². The Bertz CT molecular complexity index is 880. The van der Waals surface area contributed by atoms with Gasteiger partial charge < -0.3 is 10.2 Å². The minimum Gasteiger partial charge on any atom is -0.480 e. The molecule has 1 aliphatic heterocycles. The fraction of sp³-hybridized carbons (Fsp3) is 0.211. The summed E-state index contributed by atoms with van der Waals surface area (Å²) < 4.78 is 0. The number of carbonyl (C=O) groups is 2. The molecule has 134 valence electrons. The first-order valence-electron chi connectivity index (χ1n) is 8.03. The van der Waals surface area contributed by atoms with E-state index in [1.165, 1.54) is 6.92 Å². The highest BCUT2D eigenvalue weighted by Gasteiger charge is 2.35. The average Bonchev–Trinajstić information content (AvgIpc) is 2.71. The SMILES string of the molecule is CC(O)[C@@H]1N=C(c2ccccc2)c2cc(Cl)ccc2N(CC(=O)O)C1=O. The molecule has 2 aromatic carbocycles. The molecule has 2 N–H and O–H groups in total. The number of hydrogen-bond donors (Lipinski definition) is 2. The van der Waals surface area contributed by atoms with Gasteiger partial charge in [0.25, 0.3) is 5.91 Å². The molecule has 0 aliphatic carbocycles. The molecular formula is C19H17ClN2O4. The number of aliphatic hydroxyl groups is 1. The minimum atomic E-state index is -1.16. The molecule has 0 radical (unpaired) electrons. The summed E-state index contributed by atoms with van der Waals surface area (Å²) in [6.45, 7) is 0.921. The lowest BCUT2D eigenvalue weighted by Crippen LogP contribution is -2.45. The maximum atomic E-state index is 12.9. The number of carboxylic acid groups (broad SMARTS) is 1. The van der Waals surface area contributed by atoms with Gasteiger partial charge in [0.2, 0.25) is 0 Å². The largest absolute Gasteiger partial charge is 0.480 e. The van der Waals surface area contributed by atoms with Gasteiger partial charge in [0.05, 0.1) is 17.5 Å².